The molecular formula is C15H14O3S. The topological polar surface area (TPSA) is 27.7 Å². The van der Waals surface area contributed by atoms with E-state index in [1.54, 1.807) is 32.7 Å². The van der Waals surface area contributed by atoms with Crippen LogP contribution < -0.4 is 14.2 Å². The monoisotopic (exact) mass is 274 g/mol. The highest BCUT2D eigenvalue weighted by Gasteiger charge is 2.18. The molecule has 1 heterocycles. The highest BCUT2D eigenvalue weighted by molar-refractivity contribution is 7.17. The molecule has 0 bridgehead atoms. The third-order valence-corrected chi connectivity index (χ3v) is 4.16. The van der Waals surface area contributed by atoms with Crippen molar-refractivity contribution in [3.05, 3.63) is 29.6 Å². The molecule has 19 heavy (non-hydrogen) atoms. The summed E-state index contributed by atoms with van der Waals surface area (Å²) in [5.41, 5.74) is 0. The van der Waals surface area contributed by atoms with Crippen molar-refractivity contribution in [1.82, 2.24) is 0 Å². The summed E-state index contributed by atoms with van der Waals surface area (Å²) < 4.78 is 17.8. The number of benzene rings is 2. The van der Waals surface area contributed by atoms with Crippen LogP contribution in [0.1, 0.15) is 0 Å². The Bertz CT molecular complexity index is 746. The van der Waals surface area contributed by atoms with Crippen molar-refractivity contribution >= 4 is 32.2 Å². The molecule has 2 aromatic carbocycles. The van der Waals surface area contributed by atoms with Gasteiger partial charge < -0.3 is 14.2 Å². The van der Waals surface area contributed by atoms with Crippen LogP contribution in [-0.2, 0) is 0 Å². The van der Waals surface area contributed by atoms with E-state index in [9.17, 15) is 0 Å². The zero-order valence-corrected chi connectivity index (χ0v) is 11.8. The molecule has 0 aliphatic heterocycles. The van der Waals surface area contributed by atoms with Gasteiger partial charge in [0.2, 0.25) is 0 Å². The second kappa shape index (κ2) is 4.63. The Morgan fingerprint density at radius 2 is 1.63 bits per heavy atom. The fourth-order valence-electron chi connectivity index (χ4n) is 2.46. The van der Waals surface area contributed by atoms with Crippen LogP contribution in [0.25, 0.3) is 20.9 Å². The number of fused-ring (bicyclic) bond motifs is 2. The van der Waals surface area contributed by atoms with E-state index in [4.69, 9.17) is 14.2 Å². The molecule has 0 spiro atoms. The molecule has 0 radical (unpaired) electrons. The lowest BCUT2D eigenvalue weighted by Gasteiger charge is -2.14. The Kier molecular flexibility index (Phi) is 2.95. The van der Waals surface area contributed by atoms with E-state index in [0.717, 1.165) is 38.1 Å². The zero-order valence-electron chi connectivity index (χ0n) is 11.0. The van der Waals surface area contributed by atoms with E-state index >= 15 is 0 Å². The maximum absolute atomic E-state index is 5.62. The molecule has 98 valence electrons. The highest BCUT2D eigenvalue weighted by atomic mass is 32.1. The number of thiophene rings is 1. The molecule has 0 unspecified atom stereocenters. The molecule has 0 fully saturated rings. The summed E-state index contributed by atoms with van der Waals surface area (Å²) in [4.78, 5) is 0. The Morgan fingerprint density at radius 1 is 0.842 bits per heavy atom. The van der Waals surface area contributed by atoms with Crippen LogP contribution in [0, 0.1) is 0 Å². The van der Waals surface area contributed by atoms with Gasteiger partial charge in [-0.15, -0.1) is 11.3 Å². The fraction of sp³-hybridized carbons (Fsp3) is 0.200. The number of hydrogen-bond acceptors (Lipinski definition) is 4. The minimum Gasteiger partial charge on any atom is -0.496 e. The van der Waals surface area contributed by atoms with E-state index in [0.29, 0.717) is 0 Å². The van der Waals surface area contributed by atoms with Gasteiger partial charge in [-0.1, -0.05) is 12.1 Å². The Labute approximate surface area is 115 Å². The van der Waals surface area contributed by atoms with Crippen LogP contribution in [0.3, 0.4) is 0 Å². The minimum absolute atomic E-state index is 0.794. The quantitative estimate of drug-likeness (QED) is 0.720. The summed E-state index contributed by atoms with van der Waals surface area (Å²) in [5, 5.41) is 5.08. The zero-order chi connectivity index (χ0) is 13.4. The van der Waals surface area contributed by atoms with Crippen LogP contribution in [0.2, 0.25) is 0 Å². The van der Waals surface area contributed by atoms with Crippen molar-refractivity contribution in [3.8, 4) is 17.2 Å². The third-order valence-electron chi connectivity index (χ3n) is 3.24. The first-order valence-corrected chi connectivity index (χ1v) is 6.77. The lowest BCUT2D eigenvalue weighted by molar-refractivity contribution is 0.405. The fourth-order valence-corrected chi connectivity index (χ4v) is 3.38. The number of methoxy groups -OCH3 is 3. The molecule has 0 aliphatic rings. The lowest BCUT2D eigenvalue weighted by atomic mass is 10.0. The van der Waals surface area contributed by atoms with Crippen molar-refractivity contribution in [2.75, 3.05) is 21.3 Å². The van der Waals surface area contributed by atoms with Crippen LogP contribution in [0.15, 0.2) is 29.6 Å². The standard InChI is InChI=1S/C15H14O3S/c1-16-11-6-4-5-9-12(11)14(18-3)15-10(7-8-19-15)13(9)17-2/h4-8H,1-3H3. The second-order valence-corrected chi connectivity index (χ2v) is 5.03. The average molecular weight is 274 g/mol. The Hall–Kier alpha value is -1.94. The molecule has 0 N–H and O–H groups in total. The Morgan fingerprint density at radius 3 is 2.32 bits per heavy atom. The van der Waals surface area contributed by atoms with E-state index in [1.165, 1.54) is 0 Å². The van der Waals surface area contributed by atoms with Gasteiger partial charge in [-0.25, -0.2) is 0 Å². The molecule has 1 aromatic heterocycles. The number of rotatable bonds is 3. The third kappa shape index (κ3) is 1.64. The lowest BCUT2D eigenvalue weighted by Crippen LogP contribution is -1.93. The van der Waals surface area contributed by atoms with Gasteiger partial charge in [0, 0.05) is 10.8 Å². The van der Waals surface area contributed by atoms with Crippen molar-refractivity contribution in [2.24, 2.45) is 0 Å². The summed E-state index contributed by atoms with van der Waals surface area (Å²) >= 11 is 1.64. The maximum Gasteiger partial charge on any atom is 0.148 e. The van der Waals surface area contributed by atoms with Gasteiger partial charge >= 0.3 is 0 Å². The van der Waals surface area contributed by atoms with Gasteiger partial charge in [-0.3, -0.25) is 0 Å². The first-order valence-electron chi connectivity index (χ1n) is 5.89. The van der Waals surface area contributed by atoms with Gasteiger partial charge in [-0.2, -0.15) is 0 Å². The van der Waals surface area contributed by atoms with Gasteiger partial charge in [-0.05, 0) is 17.5 Å². The van der Waals surface area contributed by atoms with E-state index in [-0.39, 0.29) is 0 Å². The molecule has 0 amide bonds. The van der Waals surface area contributed by atoms with Crippen LogP contribution in [0.4, 0.5) is 0 Å². The summed E-state index contributed by atoms with van der Waals surface area (Å²) in [6.07, 6.45) is 0. The average Bonchev–Trinajstić information content (AvgIpc) is 2.92. The summed E-state index contributed by atoms with van der Waals surface area (Å²) in [5.74, 6) is 2.51. The summed E-state index contributed by atoms with van der Waals surface area (Å²) in [6, 6.07) is 7.97. The van der Waals surface area contributed by atoms with Crippen LogP contribution >= 0.6 is 11.3 Å². The number of ether oxygens (including phenoxy) is 3. The van der Waals surface area contributed by atoms with E-state index < -0.39 is 0 Å². The van der Waals surface area contributed by atoms with Gasteiger partial charge in [0.05, 0.1) is 31.4 Å². The predicted molar refractivity (Wildman–Crippen MR) is 79.0 cm³/mol. The van der Waals surface area contributed by atoms with E-state index in [1.807, 2.05) is 23.6 Å². The van der Waals surface area contributed by atoms with Crippen molar-refractivity contribution < 1.29 is 14.2 Å². The first-order chi connectivity index (χ1) is 9.31. The van der Waals surface area contributed by atoms with Gasteiger partial charge in [0.25, 0.3) is 0 Å². The van der Waals surface area contributed by atoms with Crippen molar-refractivity contribution in [2.45, 2.75) is 0 Å². The SMILES string of the molecule is COc1c2ccsc2c(OC)c2c(OC)cccc12. The normalized spacial score (nSPS) is 10.9. The van der Waals surface area contributed by atoms with Gasteiger partial charge in [0.1, 0.15) is 17.2 Å². The van der Waals surface area contributed by atoms with Gasteiger partial charge in [0.15, 0.2) is 0 Å². The molecule has 0 saturated heterocycles. The highest BCUT2D eigenvalue weighted by Crippen LogP contribution is 2.47. The number of hydrogen-bond donors (Lipinski definition) is 0. The first kappa shape index (κ1) is 12.1. The molecule has 4 heteroatoms. The smallest absolute Gasteiger partial charge is 0.148 e. The Balaban J connectivity index is 2.60. The predicted octanol–water partition coefficient (Wildman–Crippen LogP) is 4.08. The molecule has 3 rings (SSSR count). The minimum atomic E-state index is 0.794. The largest absolute Gasteiger partial charge is 0.496 e. The molecule has 0 saturated carbocycles. The van der Waals surface area contributed by atoms with Crippen LogP contribution in [-0.4, -0.2) is 21.3 Å². The van der Waals surface area contributed by atoms with Crippen molar-refractivity contribution in [1.29, 1.82) is 0 Å². The van der Waals surface area contributed by atoms with Crippen LogP contribution in [0.5, 0.6) is 17.2 Å². The molecular weight excluding hydrogens is 260 g/mol. The molecule has 0 aliphatic carbocycles. The molecule has 3 nitrogen and oxygen atoms in total. The second-order valence-electron chi connectivity index (χ2n) is 4.11. The summed E-state index contributed by atoms with van der Waals surface area (Å²) in [7, 11) is 5.05. The maximum atomic E-state index is 5.62. The summed E-state index contributed by atoms with van der Waals surface area (Å²) in [6.45, 7) is 0. The molecule has 3 aromatic rings. The van der Waals surface area contributed by atoms with E-state index in [2.05, 4.69) is 6.07 Å². The molecule has 0 atom stereocenters. The van der Waals surface area contributed by atoms with Crippen molar-refractivity contribution in [3.63, 3.8) is 0 Å².